The first-order valence-electron chi connectivity index (χ1n) is 8.06. The van der Waals surface area contributed by atoms with Crippen molar-refractivity contribution in [2.24, 2.45) is 5.10 Å². The molecule has 7 heteroatoms. The number of carbonyl (C=O) groups is 1. The summed E-state index contributed by atoms with van der Waals surface area (Å²) in [5, 5.41) is 3.94. The van der Waals surface area contributed by atoms with Crippen LogP contribution < -0.4 is 24.4 Å². The van der Waals surface area contributed by atoms with Crippen molar-refractivity contribution in [2.75, 3.05) is 20.5 Å². The summed E-state index contributed by atoms with van der Waals surface area (Å²) in [6, 6.07) is 9.34. The van der Waals surface area contributed by atoms with Crippen LogP contribution in [0.4, 0.5) is 0 Å². The molecule has 0 saturated carbocycles. The number of benzene rings is 2. The lowest BCUT2D eigenvalue weighted by Crippen LogP contribution is -2.24. The molecule has 1 aliphatic heterocycles. The van der Waals surface area contributed by atoms with Crippen molar-refractivity contribution in [3.8, 4) is 23.0 Å². The topological polar surface area (TPSA) is 78.4 Å². The van der Waals surface area contributed by atoms with E-state index in [0.717, 1.165) is 11.1 Å². The average molecular weight is 356 g/mol. The number of rotatable bonds is 6. The summed E-state index contributed by atoms with van der Waals surface area (Å²) in [5.74, 6) is 2.02. The van der Waals surface area contributed by atoms with Crippen molar-refractivity contribution in [3.63, 3.8) is 0 Å². The van der Waals surface area contributed by atoms with E-state index in [4.69, 9.17) is 18.9 Å². The summed E-state index contributed by atoms with van der Waals surface area (Å²) in [7, 11) is 1.55. The third kappa shape index (κ3) is 4.05. The minimum atomic E-state index is -0.352. The minimum absolute atomic E-state index is 0.119. The Hall–Kier alpha value is -3.22. The molecule has 2 aromatic carbocycles. The summed E-state index contributed by atoms with van der Waals surface area (Å²) in [4.78, 5) is 11.9. The van der Waals surface area contributed by atoms with E-state index in [1.807, 2.05) is 32.0 Å². The molecule has 0 unspecified atom stereocenters. The van der Waals surface area contributed by atoms with E-state index in [-0.39, 0.29) is 19.3 Å². The maximum Gasteiger partial charge on any atom is 0.277 e. The van der Waals surface area contributed by atoms with Gasteiger partial charge in [0.25, 0.3) is 5.91 Å². The quantitative estimate of drug-likeness (QED) is 0.636. The van der Waals surface area contributed by atoms with Crippen molar-refractivity contribution >= 4 is 12.1 Å². The van der Waals surface area contributed by atoms with Crippen LogP contribution in [0.2, 0.25) is 0 Å². The maximum atomic E-state index is 11.9. The largest absolute Gasteiger partial charge is 0.493 e. The van der Waals surface area contributed by atoms with Crippen LogP contribution in [0.15, 0.2) is 35.4 Å². The predicted molar refractivity (Wildman–Crippen MR) is 96.3 cm³/mol. The second-order valence-corrected chi connectivity index (χ2v) is 5.81. The molecule has 1 amide bonds. The van der Waals surface area contributed by atoms with Gasteiger partial charge in [0, 0.05) is 5.56 Å². The van der Waals surface area contributed by atoms with Crippen LogP contribution in [0.5, 0.6) is 23.0 Å². The molecule has 1 N–H and O–H groups in total. The van der Waals surface area contributed by atoms with Gasteiger partial charge >= 0.3 is 0 Å². The van der Waals surface area contributed by atoms with Crippen LogP contribution in [0.3, 0.4) is 0 Å². The fourth-order valence-electron chi connectivity index (χ4n) is 2.44. The van der Waals surface area contributed by atoms with Crippen LogP contribution >= 0.6 is 0 Å². The molecule has 26 heavy (non-hydrogen) atoms. The van der Waals surface area contributed by atoms with E-state index in [2.05, 4.69) is 10.5 Å². The highest BCUT2D eigenvalue weighted by atomic mass is 16.7. The number of hydrogen-bond donors (Lipinski definition) is 1. The molecular formula is C19H20N2O5. The molecule has 1 aliphatic rings. The molecule has 3 rings (SSSR count). The molecule has 7 nitrogen and oxygen atoms in total. The maximum absolute atomic E-state index is 11.9. The van der Waals surface area contributed by atoms with Gasteiger partial charge in [0.05, 0.1) is 13.3 Å². The number of nitrogens with zero attached hydrogens (tertiary/aromatic N) is 1. The Balaban J connectivity index is 1.57. The summed E-state index contributed by atoms with van der Waals surface area (Å²) in [6.07, 6.45) is 1.50. The van der Waals surface area contributed by atoms with Crippen molar-refractivity contribution in [1.29, 1.82) is 0 Å². The van der Waals surface area contributed by atoms with Crippen LogP contribution in [0.1, 0.15) is 16.7 Å². The molecule has 0 bridgehead atoms. The first-order valence-corrected chi connectivity index (χ1v) is 8.06. The summed E-state index contributed by atoms with van der Waals surface area (Å²) >= 11 is 0. The van der Waals surface area contributed by atoms with Crippen molar-refractivity contribution in [3.05, 3.63) is 47.0 Å². The Bertz CT molecular complexity index is 848. The molecule has 0 saturated heterocycles. The van der Waals surface area contributed by atoms with Gasteiger partial charge in [-0.25, -0.2) is 5.43 Å². The van der Waals surface area contributed by atoms with Crippen molar-refractivity contribution in [1.82, 2.24) is 5.43 Å². The third-order valence-electron chi connectivity index (χ3n) is 3.79. The predicted octanol–water partition coefficient (Wildman–Crippen LogP) is 2.57. The number of aryl methyl sites for hydroxylation is 2. The van der Waals surface area contributed by atoms with E-state index in [1.54, 1.807) is 19.2 Å². The van der Waals surface area contributed by atoms with Crippen LogP contribution in [0.25, 0.3) is 0 Å². The number of carbonyl (C=O) groups excluding carboxylic acids is 1. The monoisotopic (exact) mass is 356 g/mol. The number of hydrogen-bond acceptors (Lipinski definition) is 6. The lowest BCUT2D eigenvalue weighted by Gasteiger charge is -2.09. The number of nitrogens with one attached hydrogen (secondary N) is 1. The molecular weight excluding hydrogens is 336 g/mol. The first-order chi connectivity index (χ1) is 12.6. The van der Waals surface area contributed by atoms with Gasteiger partial charge in [-0.3, -0.25) is 4.79 Å². The Kier molecular flexibility index (Phi) is 5.26. The Morgan fingerprint density at radius 1 is 1.23 bits per heavy atom. The van der Waals surface area contributed by atoms with Gasteiger partial charge in [-0.1, -0.05) is 12.1 Å². The molecule has 2 aromatic rings. The Labute approximate surface area is 151 Å². The van der Waals surface area contributed by atoms with Crippen LogP contribution in [-0.4, -0.2) is 32.6 Å². The van der Waals surface area contributed by atoms with Gasteiger partial charge in [-0.2, -0.15) is 5.10 Å². The smallest absolute Gasteiger partial charge is 0.277 e. The standard InChI is InChI=1S/C19H20N2O5/c1-12-4-5-13(2)15(6-12)24-10-18(22)21-20-9-14-7-16(23-3)19-17(8-14)25-11-26-19/h4-9H,10-11H2,1-3H3,(H,21,22)/b20-9+. The summed E-state index contributed by atoms with van der Waals surface area (Å²) in [5.41, 5.74) is 5.19. The van der Waals surface area contributed by atoms with E-state index in [0.29, 0.717) is 28.6 Å². The lowest BCUT2D eigenvalue weighted by molar-refractivity contribution is -0.123. The number of methoxy groups -OCH3 is 1. The molecule has 0 radical (unpaired) electrons. The Morgan fingerprint density at radius 2 is 2.08 bits per heavy atom. The fraction of sp³-hybridized carbons (Fsp3) is 0.263. The lowest BCUT2D eigenvalue weighted by atomic mass is 10.1. The number of hydrazone groups is 1. The number of amides is 1. The van der Waals surface area contributed by atoms with Gasteiger partial charge in [0.1, 0.15) is 5.75 Å². The zero-order chi connectivity index (χ0) is 18.5. The van der Waals surface area contributed by atoms with Gasteiger partial charge in [0.15, 0.2) is 18.1 Å². The zero-order valence-corrected chi connectivity index (χ0v) is 14.9. The third-order valence-corrected chi connectivity index (χ3v) is 3.79. The highest BCUT2D eigenvalue weighted by Crippen LogP contribution is 2.41. The summed E-state index contributed by atoms with van der Waals surface area (Å²) in [6.45, 7) is 3.93. The molecule has 0 spiro atoms. The molecule has 0 fully saturated rings. The van der Waals surface area contributed by atoms with Gasteiger partial charge in [-0.15, -0.1) is 0 Å². The first kappa shape index (κ1) is 17.6. The normalized spacial score (nSPS) is 12.3. The molecule has 136 valence electrons. The van der Waals surface area contributed by atoms with E-state index in [9.17, 15) is 4.79 Å². The van der Waals surface area contributed by atoms with Crippen LogP contribution in [0, 0.1) is 13.8 Å². The van der Waals surface area contributed by atoms with E-state index < -0.39 is 0 Å². The highest BCUT2D eigenvalue weighted by molar-refractivity contribution is 5.84. The average Bonchev–Trinajstić information content (AvgIpc) is 3.10. The van der Waals surface area contributed by atoms with Crippen molar-refractivity contribution in [2.45, 2.75) is 13.8 Å². The SMILES string of the molecule is COc1cc(/C=N/NC(=O)COc2cc(C)ccc2C)cc2c1OCO2. The molecule has 0 atom stereocenters. The van der Waals surface area contributed by atoms with Gasteiger partial charge in [0.2, 0.25) is 12.5 Å². The van der Waals surface area contributed by atoms with Gasteiger partial charge < -0.3 is 18.9 Å². The molecule has 0 aliphatic carbocycles. The second-order valence-electron chi connectivity index (χ2n) is 5.81. The number of fused-ring (bicyclic) bond motifs is 1. The molecule has 0 aromatic heterocycles. The minimum Gasteiger partial charge on any atom is -0.493 e. The van der Waals surface area contributed by atoms with Crippen LogP contribution in [-0.2, 0) is 4.79 Å². The Morgan fingerprint density at radius 3 is 2.88 bits per heavy atom. The zero-order valence-electron chi connectivity index (χ0n) is 14.9. The fourth-order valence-corrected chi connectivity index (χ4v) is 2.44. The van der Waals surface area contributed by atoms with E-state index >= 15 is 0 Å². The van der Waals surface area contributed by atoms with Crippen molar-refractivity contribution < 1.29 is 23.7 Å². The second kappa shape index (κ2) is 7.77. The number of ether oxygens (including phenoxy) is 4. The molecule has 1 heterocycles. The van der Waals surface area contributed by atoms with Gasteiger partial charge in [-0.05, 0) is 43.2 Å². The van der Waals surface area contributed by atoms with E-state index in [1.165, 1.54) is 6.21 Å². The summed E-state index contributed by atoms with van der Waals surface area (Å²) < 4.78 is 21.5. The highest BCUT2D eigenvalue weighted by Gasteiger charge is 2.19.